The van der Waals surface area contributed by atoms with Gasteiger partial charge in [-0.2, -0.15) is 0 Å². The smallest absolute Gasteiger partial charge is 0.273 e. The molecule has 2 rings (SSSR count). The first-order chi connectivity index (χ1) is 9.15. The highest BCUT2D eigenvalue weighted by molar-refractivity contribution is 5.64. The molecule has 0 aromatic heterocycles. The van der Waals surface area contributed by atoms with Crippen molar-refractivity contribution in [2.45, 2.75) is 19.4 Å². The van der Waals surface area contributed by atoms with Gasteiger partial charge in [0.25, 0.3) is 5.69 Å². The zero-order valence-electron chi connectivity index (χ0n) is 10.8. The quantitative estimate of drug-likeness (QED) is 0.487. The van der Waals surface area contributed by atoms with Gasteiger partial charge in [0.2, 0.25) is 0 Å². The van der Waals surface area contributed by atoms with Crippen molar-refractivity contribution in [2.24, 2.45) is 5.84 Å². The molecule has 0 radical (unpaired) electrons. The Bertz CT molecular complexity index is 466. The number of nitro groups is 1. The van der Waals surface area contributed by atoms with Crippen LogP contribution in [0.25, 0.3) is 0 Å². The number of rotatable bonds is 4. The lowest BCUT2D eigenvalue weighted by Gasteiger charge is -2.37. The molecule has 0 spiro atoms. The molecule has 1 aliphatic rings. The second kappa shape index (κ2) is 5.85. The Hall–Kier alpha value is -1.86. The largest absolute Gasteiger partial charge is 0.377 e. The molecule has 1 heterocycles. The summed E-state index contributed by atoms with van der Waals surface area (Å²) >= 11 is 0. The number of anilines is 2. The van der Waals surface area contributed by atoms with Gasteiger partial charge < -0.3 is 15.1 Å². The number of morpholine rings is 1. The first kappa shape index (κ1) is 13.6. The molecule has 0 saturated carbocycles. The zero-order chi connectivity index (χ0) is 13.8. The van der Waals surface area contributed by atoms with Crippen molar-refractivity contribution in [3.63, 3.8) is 0 Å². The second-order valence-electron chi connectivity index (χ2n) is 4.47. The molecule has 19 heavy (non-hydrogen) atoms. The summed E-state index contributed by atoms with van der Waals surface area (Å²) in [5.74, 6) is 5.37. The Morgan fingerprint density at radius 1 is 1.58 bits per heavy atom. The van der Waals surface area contributed by atoms with Crippen molar-refractivity contribution in [3.8, 4) is 0 Å². The van der Waals surface area contributed by atoms with E-state index in [1.807, 2.05) is 6.07 Å². The molecule has 1 aliphatic heterocycles. The second-order valence-corrected chi connectivity index (χ2v) is 4.47. The Labute approximate surface area is 111 Å². The first-order valence-electron chi connectivity index (χ1n) is 6.26. The molecule has 1 aromatic carbocycles. The molecule has 7 heteroatoms. The summed E-state index contributed by atoms with van der Waals surface area (Å²) in [5, 5.41) is 10.9. The monoisotopic (exact) mass is 266 g/mol. The molecule has 104 valence electrons. The fourth-order valence-corrected chi connectivity index (χ4v) is 2.28. The number of hydrogen-bond acceptors (Lipinski definition) is 6. The number of nitrogens with one attached hydrogen (secondary N) is 1. The number of hydrogen-bond donors (Lipinski definition) is 2. The van der Waals surface area contributed by atoms with Crippen molar-refractivity contribution in [2.75, 3.05) is 30.1 Å². The summed E-state index contributed by atoms with van der Waals surface area (Å²) in [6.07, 6.45) is 0.925. The Kier molecular flexibility index (Phi) is 4.18. The van der Waals surface area contributed by atoms with Crippen molar-refractivity contribution < 1.29 is 9.66 Å². The van der Waals surface area contributed by atoms with E-state index in [9.17, 15) is 10.1 Å². The fraction of sp³-hybridized carbons (Fsp3) is 0.500. The highest BCUT2D eigenvalue weighted by Crippen LogP contribution is 2.29. The predicted molar refractivity (Wildman–Crippen MR) is 73.2 cm³/mol. The topological polar surface area (TPSA) is 93.7 Å². The van der Waals surface area contributed by atoms with Crippen LogP contribution in [0.5, 0.6) is 0 Å². The lowest BCUT2D eigenvalue weighted by Crippen LogP contribution is -2.45. The molecular formula is C12H18N4O3. The van der Waals surface area contributed by atoms with Gasteiger partial charge in [-0.05, 0) is 12.5 Å². The maximum Gasteiger partial charge on any atom is 0.273 e. The average molecular weight is 266 g/mol. The van der Waals surface area contributed by atoms with Crippen LogP contribution in [-0.4, -0.2) is 30.7 Å². The Morgan fingerprint density at radius 2 is 2.37 bits per heavy atom. The summed E-state index contributed by atoms with van der Waals surface area (Å²) in [7, 11) is 0. The molecule has 7 nitrogen and oxygen atoms in total. The van der Waals surface area contributed by atoms with Crippen molar-refractivity contribution in [1.82, 2.24) is 0 Å². The van der Waals surface area contributed by atoms with Crippen LogP contribution in [0, 0.1) is 10.1 Å². The number of hydrazine groups is 1. The maximum absolute atomic E-state index is 10.9. The van der Waals surface area contributed by atoms with Crippen molar-refractivity contribution in [3.05, 3.63) is 28.3 Å². The summed E-state index contributed by atoms with van der Waals surface area (Å²) in [4.78, 5) is 12.7. The molecule has 1 unspecified atom stereocenters. The molecule has 0 aliphatic carbocycles. The number of nitrogens with zero attached hydrogens (tertiary/aromatic N) is 2. The van der Waals surface area contributed by atoms with E-state index in [0.717, 1.165) is 18.7 Å². The van der Waals surface area contributed by atoms with E-state index in [1.165, 1.54) is 6.07 Å². The molecule has 1 fully saturated rings. The SMILES string of the molecule is CCC1COCCN1c1cc(NN)cc([N+](=O)[O-])c1. The lowest BCUT2D eigenvalue weighted by molar-refractivity contribution is -0.384. The third kappa shape index (κ3) is 2.94. The normalized spacial score (nSPS) is 19.3. The van der Waals surface area contributed by atoms with Crippen molar-refractivity contribution in [1.29, 1.82) is 0 Å². The van der Waals surface area contributed by atoms with Crippen LogP contribution in [0.3, 0.4) is 0 Å². The van der Waals surface area contributed by atoms with Gasteiger partial charge in [-0.15, -0.1) is 0 Å². The number of nitro benzene ring substituents is 1. The van der Waals surface area contributed by atoms with E-state index >= 15 is 0 Å². The average Bonchev–Trinajstić information content (AvgIpc) is 2.46. The summed E-state index contributed by atoms with van der Waals surface area (Å²) in [5.41, 5.74) is 3.84. The molecule has 1 aromatic rings. The van der Waals surface area contributed by atoms with Crippen LogP contribution in [-0.2, 0) is 4.74 Å². The Morgan fingerprint density at radius 3 is 3.00 bits per heavy atom. The molecule has 3 N–H and O–H groups in total. The van der Waals surface area contributed by atoms with Crippen molar-refractivity contribution >= 4 is 17.1 Å². The maximum atomic E-state index is 10.9. The van der Waals surface area contributed by atoms with Crippen LogP contribution in [0.15, 0.2) is 18.2 Å². The van der Waals surface area contributed by atoms with Gasteiger partial charge in [0.1, 0.15) is 0 Å². The Balaban J connectivity index is 2.36. The van der Waals surface area contributed by atoms with Crippen LogP contribution in [0.4, 0.5) is 17.1 Å². The number of non-ortho nitro benzene ring substituents is 1. The number of nitrogen functional groups attached to an aromatic ring is 1. The first-order valence-corrected chi connectivity index (χ1v) is 6.26. The number of benzene rings is 1. The summed E-state index contributed by atoms with van der Waals surface area (Å²) < 4.78 is 5.44. The van der Waals surface area contributed by atoms with E-state index in [-0.39, 0.29) is 11.7 Å². The fourth-order valence-electron chi connectivity index (χ4n) is 2.28. The van der Waals surface area contributed by atoms with Gasteiger partial charge >= 0.3 is 0 Å². The molecule has 0 bridgehead atoms. The predicted octanol–water partition coefficient (Wildman–Crippen LogP) is 1.50. The highest BCUT2D eigenvalue weighted by atomic mass is 16.6. The van der Waals surface area contributed by atoms with Gasteiger partial charge in [-0.25, -0.2) is 0 Å². The molecule has 1 atom stereocenters. The van der Waals surface area contributed by atoms with Crippen LogP contribution < -0.4 is 16.2 Å². The van der Waals surface area contributed by atoms with Crippen LogP contribution >= 0.6 is 0 Å². The number of nitrogens with two attached hydrogens (primary N) is 1. The molecule has 1 saturated heterocycles. The van der Waals surface area contributed by atoms with E-state index in [2.05, 4.69) is 17.2 Å². The summed E-state index contributed by atoms with van der Waals surface area (Å²) in [6, 6.07) is 5.06. The minimum atomic E-state index is -0.411. The lowest BCUT2D eigenvalue weighted by atomic mass is 10.1. The minimum Gasteiger partial charge on any atom is -0.377 e. The van der Waals surface area contributed by atoms with E-state index in [1.54, 1.807) is 6.07 Å². The van der Waals surface area contributed by atoms with Crippen LogP contribution in [0.1, 0.15) is 13.3 Å². The zero-order valence-corrected chi connectivity index (χ0v) is 10.8. The summed E-state index contributed by atoms with van der Waals surface area (Å²) in [6.45, 7) is 4.07. The standard InChI is InChI=1S/C12H18N4O3/c1-2-10-8-19-4-3-15(10)11-5-9(14-13)6-12(7-11)16(17)18/h5-7,10,14H,2-4,8,13H2,1H3. The van der Waals surface area contributed by atoms with E-state index < -0.39 is 4.92 Å². The van der Waals surface area contributed by atoms with Gasteiger partial charge in [0.05, 0.1) is 29.9 Å². The van der Waals surface area contributed by atoms with E-state index in [0.29, 0.717) is 18.9 Å². The van der Waals surface area contributed by atoms with E-state index in [4.69, 9.17) is 10.6 Å². The van der Waals surface area contributed by atoms with Gasteiger partial charge in [-0.1, -0.05) is 6.92 Å². The third-order valence-corrected chi connectivity index (χ3v) is 3.31. The number of ether oxygens (including phenoxy) is 1. The van der Waals surface area contributed by atoms with Gasteiger partial charge in [0.15, 0.2) is 0 Å². The van der Waals surface area contributed by atoms with Gasteiger partial charge in [0, 0.05) is 24.4 Å². The molecule has 0 amide bonds. The van der Waals surface area contributed by atoms with Crippen LogP contribution in [0.2, 0.25) is 0 Å². The van der Waals surface area contributed by atoms with Gasteiger partial charge in [-0.3, -0.25) is 16.0 Å². The molecular weight excluding hydrogens is 248 g/mol. The highest BCUT2D eigenvalue weighted by Gasteiger charge is 2.23. The minimum absolute atomic E-state index is 0.0341. The third-order valence-electron chi connectivity index (χ3n) is 3.31.